The van der Waals surface area contributed by atoms with Gasteiger partial charge in [-0.05, 0) is 83.6 Å². The number of nitrogens with zero attached hydrogens (tertiary/aromatic N) is 1. The van der Waals surface area contributed by atoms with Crippen LogP contribution in [0, 0.1) is 5.92 Å². The lowest BCUT2D eigenvalue weighted by Crippen LogP contribution is -2.47. The highest BCUT2D eigenvalue weighted by Crippen LogP contribution is 2.39. The van der Waals surface area contributed by atoms with Crippen LogP contribution in [0.25, 0.3) is 11.1 Å². The molecule has 2 aliphatic rings. The molecule has 2 nitrogen and oxygen atoms in total. The fourth-order valence-electron chi connectivity index (χ4n) is 5.26. The largest absolute Gasteiger partial charge is 0.361 e. The Labute approximate surface area is 184 Å². The minimum Gasteiger partial charge on any atom is -0.361 e. The zero-order valence-electron chi connectivity index (χ0n) is 18.1. The molecule has 160 valence electrons. The van der Waals surface area contributed by atoms with Gasteiger partial charge in [0.2, 0.25) is 0 Å². The average Bonchev–Trinajstić information content (AvgIpc) is 3.24. The molecule has 2 aromatic carbocycles. The van der Waals surface area contributed by atoms with Gasteiger partial charge < -0.3 is 9.88 Å². The molecule has 1 aliphatic carbocycles. The fourth-order valence-corrected chi connectivity index (χ4v) is 5.26. The Balaban J connectivity index is 1.41. The molecule has 0 amide bonds. The van der Waals surface area contributed by atoms with Gasteiger partial charge in [-0.3, -0.25) is 4.39 Å². The number of allylic oxidation sites excluding steroid dienone is 1. The van der Waals surface area contributed by atoms with Gasteiger partial charge in [0.05, 0.1) is 6.67 Å². The molecule has 5 rings (SSSR count). The first kappa shape index (κ1) is 20.3. The standard InChI is InChI=1S/C28H31FN2/c29-15-5-17-31-19-22(20-31)18-21-11-13-24(14-12-21)28-25-8-2-1-6-23(25)7-3-9-26(28)27-10-4-16-30-27/h1-2,4,6,8,10-14,16,22,30H,3,5,7,9,15,17-20H2. The van der Waals surface area contributed by atoms with E-state index in [4.69, 9.17) is 0 Å². The number of hydrogen-bond donors (Lipinski definition) is 1. The van der Waals surface area contributed by atoms with Gasteiger partial charge in [-0.25, -0.2) is 0 Å². The fraction of sp³-hybridized carbons (Fsp3) is 0.357. The lowest BCUT2D eigenvalue weighted by Gasteiger charge is -2.39. The second kappa shape index (κ2) is 9.23. The molecule has 1 saturated heterocycles. The van der Waals surface area contributed by atoms with Crippen molar-refractivity contribution in [1.82, 2.24) is 9.88 Å². The summed E-state index contributed by atoms with van der Waals surface area (Å²) >= 11 is 0. The summed E-state index contributed by atoms with van der Waals surface area (Å²) in [6.07, 6.45) is 7.20. The number of aromatic nitrogens is 1. The van der Waals surface area contributed by atoms with E-state index in [0.717, 1.165) is 38.9 Å². The quantitative estimate of drug-likeness (QED) is 0.492. The predicted molar refractivity (Wildman–Crippen MR) is 127 cm³/mol. The first-order valence-corrected chi connectivity index (χ1v) is 11.6. The molecular weight excluding hydrogens is 383 g/mol. The van der Waals surface area contributed by atoms with Crippen molar-refractivity contribution >= 4 is 11.1 Å². The molecule has 1 aliphatic heterocycles. The van der Waals surface area contributed by atoms with Gasteiger partial charge in [0, 0.05) is 31.5 Å². The van der Waals surface area contributed by atoms with E-state index in [1.807, 2.05) is 6.20 Å². The summed E-state index contributed by atoms with van der Waals surface area (Å²) in [5, 5.41) is 0. The lowest BCUT2D eigenvalue weighted by molar-refractivity contribution is 0.0968. The number of H-pyrrole nitrogens is 1. The van der Waals surface area contributed by atoms with Gasteiger partial charge in [0.1, 0.15) is 0 Å². The Kier molecular flexibility index (Phi) is 6.04. The van der Waals surface area contributed by atoms with E-state index < -0.39 is 0 Å². The highest BCUT2D eigenvalue weighted by molar-refractivity contribution is 5.99. The highest BCUT2D eigenvalue weighted by atomic mass is 19.1. The van der Waals surface area contributed by atoms with Crippen molar-refractivity contribution in [3.05, 3.63) is 94.8 Å². The van der Waals surface area contributed by atoms with E-state index in [0.29, 0.717) is 12.3 Å². The van der Waals surface area contributed by atoms with Crippen LogP contribution < -0.4 is 0 Å². The molecule has 0 unspecified atom stereocenters. The number of likely N-dealkylation sites (tertiary alicyclic amines) is 1. The molecule has 0 spiro atoms. The molecule has 0 saturated carbocycles. The van der Waals surface area contributed by atoms with Gasteiger partial charge in [-0.2, -0.15) is 0 Å². The number of benzene rings is 2. The van der Waals surface area contributed by atoms with E-state index in [1.54, 1.807) is 0 Å². The summed E-state index contributed by atoms with van der Waals surface area (Å²) in [4.78, 5) is 5.82. The summed E-state index contributed by atoms with van der Waals surface area (Å²) in [7, 11) is 0. The van der Waals surface area contributed by atoms with E-state index >= 15 is 0 Å². The second-order valence-electron chi connectivity index (χ2n) is 9.02. The third-order valence-corrected chi connectivity index (χ3v) is 6.79. The van der Waals surface area contributed by atoms with Crippen molar-refractivity contribution in [2.24, 2.45) is 5.92 Å². The van der Waals surface area contributed by atoms with Crippen molar-refractivity contribution in [2.45, 2.75) is 32.1 Å². The molecule has 1 N–H and O–H groups in total. The molecule has 0 atom stereocenters. The van der Waals surface area contributed by atoms with E-state index in [1.165, 1.54) is 45.5 Å². The van der Waals surface area contributed by atoms with E-state index in [-0.39, 0.29) is 6.67 Å². The number of hydrogen-bond acceptors (Lipinski definition) is 1. The van der Waals surface area contributed by atoms with Gasteiger partial charge in [0.15, 0.2) is 0 Å². The summed E-state index contributed by atoms with van der Waals surface area (Å²) in [6, 6.07) is 22.4. The van der Waals surface area contributed by atoms with Crippen LogP contribution in [0.1, 0.15) is 47.2 Å². The third kappa shape index (κ3) is 4.38. The zero-order valence-corrected chi connectivity index (χ0v) is 18.1. The maximum Gasteiger partial charge on any atom is 0.0906 e. The minimum atomic E-state index is -0.202. The van der Waals surface area contributed by atoms with Crippen molar-refractivity contribution in [3.63, 3.8) is 0 Å². The molecule has 31 heavy (non-hydrogen) atoms. The first-order chi connectivity index (χ1) is 15.3. The van der Waals surface area contributed by atoms with E-state index in [9.17, 15) is 4.39 Å². The van der Waals surface area contributed by atoms with Crippen LogP contribution in [-0.4, -0.2) is 36.2 Å². The number of aromatic amines is 1. The molecule has 0 bridgehead atoms. The van der Waals surface area contributed by atoms with Crippen LogP contribution in [0.4, 0.5) is 4.39 Å². The maximum absolute atomic E-state index is 12.4. The number of fused-ring (bicyclic) bond motifs is 1. The van der Waals surface area contributed by atoms with Crippen LogP contribution in [-0.2, 0) is 12.8 Å². The number of aryl methyl sites for hydroxylation is 1. The van der Waals surface area contributed by atoms with E-state index in [2.05, 4.69) is 70.5 Å². The molecule has 3 heteroatoms. The van der Waals surface area contributed by atoms with Crippen LogP contribution in [0.3, 0.4) is 0 Å². The minimum absolute atomic E-state index is 0.202. The summed E-state index contributed by atoms with van der Waals surface area (Å²) in [5.41, 5.74) is 9.57. The maximum atomic E-state index is 12.4. The van der Waals surface area contributed by atoms with Crippen molar-refractivity contribution in [1.29, 1.82) is 0 Å². The smallest absolute Gasteiger partial charge is 0.0906 e. The van der Waals surface area contributed by atoms with Gasteiger partial charge >= 0.3 is 0 Å². The van der Waals surface area contributed by atoms with Crippen molar-refractivity contribution in [2.75, 3.05) is 26.3 Å². The number of alkyl halides is 1. The van der Waals surface area contributed by atoms with Gasteiger partial charge in [-0.15, -0.1) is 0 Å². The molecule has 2 heterocycles. The Morgan fingerprint density at radius 2 is 1.77 bits per heavy atom. The molecular formula is C28H31FN2. The van der Waals surface area contributed by atoms with Crippen LogP contribution in [0.15, 0.2) is 66.9 Å². The predicted octanol–water partition coefficient (Wildman–Crippen LogP) is 6.14. The van der Waals surface area contributed by atoms with Crippen LogP contribution in [0.2, 0.25) is 0 Å². The second-order valence-corrected chi connectivity index (χ2v) is 9.02. The summed E-state index contributed by atoms with van der Waals surface area (Å²) in [6.45, 7) is 2.92. The number of nitrogens with one attached hydrogen (secondary N) is 1. The zero-order chi connectivity index (χ0) is 21.0. The SMILES string of the molecule is FCCCN1CC(Cc2ccc(C3=C(c4ccc[nH]4)CCCc4ccccc43)cc2)C1. The summed E-state index contributed by atoms with van der Waals surface area (Å²) < 4.78 is 12.4. The molecule has 0 radical (unpaired) electrons. The van der Waals surface area contributed by atoms with Gasteiger partial charge in [0.25, 0.3) is 0 Å². The first-order valence-electron chi connectivity index (χ1n) is 11.6. The topological polar surface area (TPSA) is 19.0 Å². The van der Waals surface area contributed by atoms with Gasteiger partial charge in [-0.1, -0.05) is 48.5 Å². The molecule has 1 fully saturated rings. The summed E-state index contributed by atoms with van der Waals surface area (Å²) in [5.74, 6) is 0.706. The molecule has 1 aromatic heterocycles. The Morgan fingerprint density at radius 3 is 2.55 bits per heavy atom. The number of halogens is 1. The highest BCUT2D eigenvalue weighted by Gasteiger charge is 2.26. The third-order valence-electron chi connectivity index (χ3n) is 6.79. The normalized spacial score (nSPS) is 17.3. The number of rotatable bonds is 7. The molecule has 3 aromatic rings. The Bertz CT molecular complexity index is 1030. The lowest BCUT2D eigenvalue weighted by atomic mass is 9.87. The Hall–Kier alpha value is -2.65. The monoisotopic (exact) mass is 414 g/mol. The van der Waals surface area contributed by atoms with Crippen molar-refractivity contribution in [3.8, 4) is 0 Å². The van der Waals surface area contributed by atoms with Crippen LogP contribution >= 0.6 is 0 Å². The van der Waals surface area contributed by atoms with Crippen molar-refractivity contribution < 1.29 is 4.39 Å². The van der Waals surface area contributed by atoms with Crippen LogP contribution in [0.5, 0.6) is 0 Å². The Morgan fingerprint density at radius 1 is 0.935 bits per heavy atom. The average molecular weight is 415 g/mol.